The molecule has 0 heterocycles. The van der Waals surface area contributed by atoms with Crippen molar-refractivity contribution in [1.29, 1.82) is 0 Å². The number of halogens is 1. The first-order chi connectivity index (χ1) is 8.56. The maximum absolute atomic E-state index is 14.4. The van der Waals surface area contributed by atoms with Crippen LogP contribution in [-0.2, 0) is 4.65 Å². The van der Waals surface area contributed by atoms with Gasteiger partial charge in [0.2, 0.25) is 0 Å². The Bertz CT molecular complexity index is 274. The Hall–Kier alpha value is -0.0851. The Morgan fingerprint density at radius 1 is 0.800 bits per heavy atom. The molecule has 2 nitrogen and oxygen atoms in total. The molecule has 0 aliphatic carbocycles. The van der Waals surface area contributed by atoms with Gasteiger partial charge in [-0.05, 0) is 22.3 Å². The minimum absolute atomic E-state index is 0.0441. The van der Waals surface area contributed by atoms with Gasteiger partial charge in [0.25, 0.3) is 0 Å². The Morgan fingerprint density at radius 2 is 1.10 bits per heavy atom. The van der Waals surface area contributed by atoms with Gasteiger partial charge in [-0.3, -0.25) is 9.54 Å². The van der Waals surface area contributed by atoms with E-state index >= 15 is 0 Å². The lowest BCUT2D eigenvalue weighted by Gasteiger charge is -2.61. The van der Waals surface area contributed by atoms with Crippen LogP contribution in [0.4, 0.5) is 4.32 Å². The number of rotatable bonds is 4. The molecule has 0 atom stereocenters. The third kappa shape index (κ3) is 3.97. The van der Waals surface area contributed by atoms with Crippen LogP contribution in [0.5, 0.6) is 0 Å². The van der Waals surface area contributed by atoms with Crippen molar-refractivity contribution in [2.24, 2.45) is 16.2 Å². The number of hydrogen-bond acceptors (Lipinski definition) is 2. The van der Waals surface area contributed by atoms with Crippen LogP contribution in [0, 0.1) is 16.2 Å². The van der Waals surface area contributed by atoms with Crippen LogP contribution in [0.1, 0.15) is 76.2 Å². The van der Waals surface area contributed by atoms with Gasteiger partial charge in [0, 0.05) is 0 Å². The van der Waals surface area contributed by atoms with Gasteiger partial charge in [-0.25, -0.2) is 0 Å². The first-order valence-corrected chi connectivity index (χ1v) is 7.64. The average molecular weight is 287 g/mol. The molecule has 0 radical (unpaired) electrons. The van der Waals surface area contributed by atoms with Gasteiger partial charge in [0.15, 0.2) is 0 Å². The summed E-state index contributed by atoms with van der Waals surface area (Å²) >= 11 is 0. The summed E-state index contributed by atoms with van der Waals surface area (Å²) < 4.78 is 20.5. The molecule has 0 aromatic heterocycles. The molecule has 0 aromatic rings. The van der Waals surface area contributed by atoms with Crippen molar-refractivity contribution in [3.63, 3.8) is 0 Å². The summed E-state index contributed by atoms with van der Waals surface area (Å²) in [5.41, 5.74) is -1.22. The van der Waals surface area contributed by atoms with Crippen molar-refractivity contribution in [2.75, 3.05) is 0 Å². The third-order valence-corrected chi connectivity index (χ3v) is 3.91. The highest BCUT2D eigenvalue weighted by Crippen LogP contribution is 2.56. The maximum Gasteiger partial charge on any atom is 0.594 e. The van der Waals surface area contributed by atoms with Gasteiger partial charge >= 0.3 is 7.33 Å². The Balaban J connectivity index is 5.81. The van der Waals surface area contributed by atoms with E-state index in [2.05, 4.69) is 67.5 Å². The van der Waals surface area contributed by atoms with E-state index in [1.165, 1.54) is 0 Å². The summed E-state index contributed by atoms with van der Waals surface area (Å²) in [5.74, 6) is 0. The molecule has 0 aromatic carbocycles. The number of hydrogen-bond donors (Lipinski definition) is 1. The normalized spacial score (nSPS) is 14.8. The van der Waals surface area contributed by atoms with E-state index < -0.39 is 12.9 Å². The summed E-state index contributed by atoms with van der Waals surface area (Å²) in [7, 11) is -1.47. The first kappa shape index (κ1) is 19.9. The highest BCUT2D eigenvalue weighted by atomic mass is 19.1. The van der Waals surface area contributed by atoms with Crippen LogP contribution in [0.3, 0.4) is 0 Å². The molecule has 0 aliphatic rings. The average Bonchev–Trinajstić information content (AvgIpc) is 2.06. The zero-order chi connectivity index (χ0) is 16.6. The molecule has 0 saturated carbocycles. The van der Waals surface area contributed by atoms with E-state index in [-0.39, 0.29) is 22.3 Å². The highest BCUT2D eigenvalue weighted by Gasteiger charge is 2.60. The fraction of sp³-hybridized carbons (Fsp3) is 1.00. The summed E-state index contributed by atoms with van der Waals surface area (Å²) in [5, 5.41) is 2.83. The number of nitrogens with one attached hydrogen (secondary N) is 1. The van der Waals surface area contributed by atoms with Crippen LogP contribution >= 0.6 is 0 Å². The van der Waals surface area contributed by atoms with Gasteiger partial charge in [-0.15, -0.1) is 0 Å². The molecule has 0 amide bonds. The Labute approximate surface area is 126 Å². The fourth-order valence-electron chi connectivity index (χ4n) is 4.36. The topological polar surface area (TPSA) is 21.3 Å². The molecule has 20 heavy (non-hydrogen) atoms. The molecule has 0 bridgehead atoms. The Kier molecular flexibility index (Phi) is 5.93. The second kappa shape index (κ2) is 5.96. The predicted octanol–water partition coefficient (Wildman–Crippen LogP) is 4.83. The van der Waals surface area contributed by atoms with E-state index in [0.717, 1.165) is 0 Å². The molecular formula is C16H35BFNO. The molecule has 0 aliphatic heterocycles. The third-order valence-electron chi connectivity index (χ3n) is 3.91. The van der Waals surface area contributed by atoms with Gasteiger partial charge in [-0.1, -0.05) is 76.2 Å². The smallest absolute Gasteiger partial charge is 0.387 e. The van der Waals surface area contributed by atoms with Gasteiger partial charge < -0.3 is 4.65 Å². The second-order valence-electron chi connectivity index (χ2n) is 9.19. The van der Waals surface area contributed by atoms with Crippen LogP contribution in [0.15, 0.2) is 0 Å². The van der Waals surface area contributed by atoms with Crippen LogP contribution in [0.25, 0.3) is 0 Å². The lowest BCUT2D eigenvalue weighted by atomic mass is 9.52. The zero-order valence-corrected chi connectivity index (χ0v) is 15.4. The molecule has 4 heteroatoms. The van der Waals surface area contributed by atoms with Crippen LogP contribution < -0.4 is 5.23 Å². The van der Waals surface area contributed by atoms with Crippen LogP contribution in [-0.4, -0.2) is 19.0 Å². The molecule has 120 valence electrons. The molecular weight excluding hydrogens is 252 g/mol. The van der Waals surface area contributed by atoms with Crippen molar-refractivity contribution in [1.82, 2.24) is 5.23 Å². The largest absolute Gasteiger partial charge is 0.594 e. The molecule has 0 fully saturated rings. The van der Waals surface area contributed by atoms with Crippen molar-refractivity contribution in [3.8, 4) is 0 Å². The van der Waals surface area contributed by atoms with Gasteiger partial charge in [0.1, 0.15) is 0 Å². The van der Waals surface area contributed by atoms with E-state index in [1.54, 1.807) is 0 Å². The molecule has 0 rings (SSSR count). The minimum atomic E-state index is -1.47. The molecule has 0 unspecified atom stereocenters. The monoisotopic (exact) mass is 287 g/mol. The van der Waals surface area contributed by atoms with Gasteiger partial charge in [-0.2, -0.15) is 0 Å². The van der Waals surface area contributed by atoms with E-state index in [4.69, 9.17) is 4.65 Å². The molecule has 0 spiro atoms. The SMILES string of the molecule is CC(C)NB(F)OC(C(C)(C)C)(C(C)(C)C)C(C)(C)C. The van der Waals surface area contributed by atoms with Crippen LogP contribution in [0.2, 0.25) is 0 Å². The van der Waals surface area contributed by atoms with Gasteiger partial charge in [0.05, 0.1) is 5.60 Å². The van der Waals surface area contributed by atoms with E-state index in [1.807, 2.05) is 13.8 Å². The molecule has 1 N–H and O–H groups in total. The van der Waals surface area contributed by atoms with Crippen molar-refractivity contribution in [3.05, 3.63) is 0 Å². The fourth-order valence-corrected chi connectivity index (χ4v) is 4.36. The van der Waals surface area contributed by atoms with E-state index in [0.29, 0.717) is 0 Å². The highest BCUT2D eigenvalue weighted by molar-refractivity contribution is 6.40. The van der Waals surface area contributed by atoms with Crippen molar-refractivity contribution < 1.29 is 8.97 Å². The lowest BCUT2D eigenvalue weighted by Crippen LogP contribution is -2.66. The molecule has 0 saturated heterocycles. The predicted molar refractivity (Wildman–Crippen MR) is 87.3 cm³/mol. The zero-order valence-electron chi connectivity index (χ0n) is 15.4. The Morgan fingerprint density at radius 3 is 1.30 bits per heavy atom. The summed E-state index contributed by atoms with van der Waals surface area (Å²) in [6.45, 7) is 23.0. The summed E-state index contributed by atoms with van der Waals surface area (Å²) in [4.78, 5) is 0. The first-order valence-electron chi connectivity index (χ1n) is 7.64. The standard InChI is InChI=1S/C16H35BFNO/c1-12(2)19-17(18)20-16(13(3,4)5,14(6,7)8)15(9,10)11/h12,19H,1-11H3. The summed E-state index contributed by atoms with van der Waals surface area (Å²) in [6, 6.07) is 0.0441. The minimum Gasteiger partial charge on any atom is -0.387 e. The van der Waals surface area contributed by atoms with E-state index in [9.17, 15) is 4.32 Å². The maximum atomic E-state index is 14.4. The van der Waals surface area contributed by atoms with Crippen molar-refractivity contribution in [2.45, 2.75) is 87.8 Å². The summed E-state index contributed by atoms with van der Waals surface area (Å²) in [6.07, 6.45) is 0. The second-order valence-corrected chi connectivity index (χ2v) is 9.19. The quantitative estimate of drug-likeness (QED) is 0.747. The van der Waals surface area contributed by atoms with Crippen molar-refractivity contribution >= 4 is 7.33 Å². The lowest BCUT2D eigenvalue weighted by molar-refractivity contribution is -0.191.